The van der Waals surface area contributed by atoms with Crippen LogP contribution in [0.25, 0.3) is 6.08 Å². The van der Waals surface area contributed by atoms with Gasteiger partial charge in [-0.25, -0.2) is 9.97 Å². The predicted molar refractivity (Wildman–Crippen MR) is 48.1 cm³/mol. The second-order valence-electron chi connectivity index (χ2n) is 1.97. The fourth-order valence-electron chi connectivity index (χ4n) is 0.660. The SMILES string of the molecule is O=[N+]([O-])c1cnc(C=CCBr)[nH]1. The molecule has 0 spiro atoms. The van der Waals surface area contributed by atoms with E-state index < -0.39 is 4.92 Å². The first-order valence-corrected chi connectivity index (χ1v) is 4.28. The third-order valence-electron chi connectivity index (χ3n) is 1.14. The number of hydrogen-bond donors (Lipinski definition) is 1. The summed E-state index contributed by atoms with van der Waals surface area (Å²) in [5.41, 5.74) is 0. The molecule has 0 atom stereocenters. The molecule has 0 radical (unpaired) electrons. The second kappa shape index (κ2) is 4.01. The average Bonchev–Trinajstić information content (AvgIpc) is 2.48. The molecule has 0 aliphatic rings. The van der Waals surface area contributed by atoms with Gasteiger partial charge in [0.05, 0.1) is 0 Å². The number of alkyl halides is 1. The summed E-state index contributed by atoms with van der Waals surface area (Å²) in [5.74, 6) is 0.394. The second-order valence-corrected chi connectivity index (χ2v) is 2.61. The number of rotatable bonds is 3. The summed E-state index contributed by atoms with van der Waals surface area (Å²) in [4.78, 5) is 16.0. The van der Waals surface area contributed by atoms with Crippen molar-refractivity contribution in [3.8, 4) is 0 Å². The van der Waals surface area contributed by atoms with Crippen LogP contribution >= 0.6 is 15.9 Å². The first-order valence-electron chi connectivity index (χ1n) is 3.16. The van der Waals surface area contributed by atoms with Gasteiger partial charge in [-0.3, -0.25) is 0 Å². The molecule has 1 aromatic heterocycles. The molecule has 12 heavy (non-hydrogen) atoms. The number of imidazole rings is 1. The zero-order valence-electron chi connectivity index (χ0n) is 6.03. The van der Waals surface area contributed by atoms with E-state index in [0.717, 1.165) is 0 Å². The van der Waals surface area contributed by atoms with Crippen LogP contribution in [0.15, 0.2) is 12.3 Å². The van der Waals surface area contributed by atoms with Crippen molar-refractivity contribution in [2.45, 2.75) is 0 Å². The van der Waals surface area contributed by atoms with Crippen LogP contribution in [0.4, 0.5) is 5.82 Å². The minimum atomic E-state index is -0.515. The maximum atomic E-state index is 10.2. The smallest absolute Gasteiger partial charge is 0.340 e. The molecule has 1 rings (SSSR count). The zero-order valence-corrected chi connectivity index (χ0v) is 7.61. The maximum Gasteiger partial charge on any atom is 0.340 e. The fraction of sp³-hybridized carbons (Fsp3) is 0.167. The third kappa shape index (κ3) is 2.16. The monoisotopic (exact) mass is 231 g/mol. The lowest BCUT2D eigenvalue weighted by Gasteiger charge is -1.84. The summed E-state index contributed by atoms with van der Waals surface area (Å²) < 4.78 is 0. The highest BCUT2D eigenvalue weighted by Gasteiger charge is 2.06. The van der Waals surface area contributed by atoms with Gasteiger partial charge in [-0.1, -0.05) is 22.0 Å². The molecule has 5 nitrogen and oxygen atoms in total. The van der Waals surface area contributed by atoms with Gasteiger partial charge in [0.25, 0.3) is 0 Å². The van der Waals surface area contributed by atoms with Crippen LogP contribution in [0.2, 0.25) is 0 Å². The summed E-state index contributed by atoms with van der Waals surface area (Å²) in [5, 5.41) is 10.9. The minimum Gasteiger partial charge on any atom is -0.358 e. The Morgan fingerprint density at radius 3 is 3.08 bits per heavy atom. The molecule has 0 unspecified atom stereocenters. The molecule has 0 bridgehead atoms. The van der Waals surface area contributed by atoms with Gasteiger partial charge < -0.3 is 10.1 Å². The van der Waals surface area contributed by atoms with Crippen LogP contribution in [0.5, 0.6) is 0 Å². The van der Waals surface area contributed by atoms with Gasteiger partial charge in [0.1, 0.15) is 6.20 Å². The molecule has 0 aliphatic heterocycles. The van der Waals surface area contributed by atoms with E-state index in [4.69, 9.17) is 0 Å². The first kappa shape index (κ1) is 8.92. The number of aromatic amines is 1. The summed E-state index contributed by atoms with van der Waals surface area (Å²) in [6.07, 6.45) is 4.65. The first-order chi connectivity index (χ1) is 5.74. The molecule has 0 saturated heterocycles. The number of nitrogens with one attached hydrogen (secondary N) is 1. The largest absolute Gasteiger partial charge is 0.358 e. The van der Waals surface area contributed by atoms with Crippen molar-refractivity contribution >= 4 is 27.8 Å². The number of nitro groups is 1. The van der Waals surface area contributed by atoms with E-state index in [0.29, 0.717) is 11.2 Å². The lowest BCUT2D eigenvalue weighted by molar-refractivity contribution is -0.389. The van der Waals surface area contributed by atoms with E-state index in [-0.39, 0.29) is 5.82 Å². The zero-order chi connectivity index (χ0) is 8.97. The van der Waals surface area contributed by atoms with E-state index in [1.54, 1.807) is 12.2 Å². The fourth-order valence-corrected chi connectivity index (χ4v) is 0.847. The molecule has 0 fully saturated rings. The number of allylic oxidation sites excluding steroid dienone is 1. The highest BCUT2D eigenvalue weighted by Crippen LogP contribution is 2.06. The summed E-state index contributed by atoms with van der Waals surface area (Å²) in [7, 11) is 0. The van der Waals surface area contributed by atoms with Gasteiger partial charge in [0.2, 0.25) is 5.82 Å². The topological polar surface area (TPSA) is 71.8 Å². The molecule has 1 heterocycles. The van der Waals surface area contributed by atoms with Gasteiger partial charge in [0, 0.05) is 11.4 Å². The third-order valence-corrected chi connectivity index (χ3v) is 1.52. The van der Waals surface area contributed by atoms with Crippen LogP contribution in [0.3, 0.4) is 0 Å². The number of H-pyrrole nitrogens is 1. The predicted octanol–water partition coefficient (Wildman–Crippen LogP) is 1.73. The number of hydrogen-bond acceptors (Lipinski definition) is 3. The summed E-state index contributed by atoms with van der Waals surface area (Å²) >= 11 is 3.18. The van der Waals surface area contributed by atoms with Gasteiger partial charge >= 0.3 is 5.82 Å². The molecular weight excluding hydrogens is 226 g/mol. The Hall–Kier alpha value is -1.17. The van der Waals surface area contributed by atoms with Crippen molar-refractivity contribution in [3.05, 3.63) is 28.2 Å². The highest BCUT2D eigenvalue weighted by molar-refractivity contribution is 9.09. The Morgan fingerprint density at radius 1 is 1.83 bits per heavy atom. The summed E-state index contributed by atoms with van der Waals surface area (Å²) in [6.45, 7) is 0. The van der Waals surface area contributed by atoms with Crippen LogP contribution in [-0.4, -0.2) is 20.2 Å². The quantitative estimate of drug-likeness (QED) is 0.490. The number of halogens is 1. The van der Waals surface area contributed by atoms with Gasteiger partial charge in [-0.15, -0.1) is 0 Å². The molecule has 0 saturated carbocycles. The van der Waals surface area contributed by atoms with Crippen molar-refractivity contribution in [3.63, 3.8) is 0 Å². The Bertz CT molecular complexity index is 307. The van der Waals surface area contributed by atoms with Crippen molar-refractivity contribution in [2.24, 2.45) is 0 Å². The average molecular weight is 232 g/mol. The molecule has 0 amide bonds. The van der Waals surface area contributed by atoms with Crippen LogP contribution in [-0.2, 0) is 0 Å². The molecule has 0 aliphatic carbocycles. The molecule has 6 heteroatoms. The normalized spacial score (nSPS) is 10.8. The Balaban J connectivity index is 2.77. The standard InChI is InChI=1S/C6H6BrN3O2/c7-3-1-2-5-8-4-6(9-5)10(11)12/h1-2,4H,3H2,(H,8,9). The van der Waals surface area contributed by atoms with E-state index in [2.05, 4.69) is 25.9 Å². The molecular formula is C6H6BrN3O2. The lowest BCUT2D eigenvalue weighted by atomic mass is 10.5. The van der Waals surface area contributed by atoms with Crippen LogP contribution < -0.4 is 0 Å². The van der Waals surface area contributed by atoms with E-state index >= 15 is 0 Å². The maximum absolute atomic E-state index is 10.2. The number of aromatic nitrogens is 2. The van der Waals surface area contributed by atoms with Gasteiger partial charge in [-0.05, 0) is 4.92 Å². The molecule has 1 N–H and O–H groups in total. The Kier molecular flexibility index (Phi) is 2.98. The minimum absolute atomic E-state index is 0.0933. The van der Waals surface area contributed by atoms with E-state index in [1.807, 2.05) is 0 Å². The van der Waals surface area contributed by atoms with Crippen molar-refractivity contribution in [1.82, 2.24) is 9.97 Å². The Morgan fingerprint density at radius 2 is 2.58 bits per heavy atom. The lowest BCUT2D eigenvalue weighted by Crippen LogP contribution is -1.86. The van der Waals surface area contributed by atoms with Gasteiger partial charge in [0.15, 0.2) is 0 Å². The molecule has 1 aromatic rings. The van der Waals surface area contributed by atoms with E-state index in [1.165, 1.54) is 6.20 Å². The van der Waals surface area contributed by atoms with Crippen molar-refractivity contribution in [1.29, 1.82) is 0 Å². The van der Waals surface area contributed by atoms with Gasteiger partial charge in [-0.2, -0.15) is 0 Å². The van der Waals surface area contributed by atoms with Crippen LogP contribution in [0.1, 0.15) is 5.82 Å². The number of nitrogens with zero attached hydrogens (tertiary/aromatic N) is 2. The summed E-state index contributed by atoms with van der Waals surface area (Å²) in [6, 6.07) is 0. The highest BCUT2D eigenvalue weighted by atomic mass is 79.9. The van der Waals surface area contributed by atoms with Crippen LogP contribution in [0, 0.1) is 10.1 Å². The van der Waals surface area contributed by atoms with Crippen molar-refractivity contribution < 1.29 is 4.92 Å². The van der Waals surface area contributed by atoms with Crippen molar-refractivity contribution in [2.75, 3.05) is 5.33 Å². The molecule has 64 valence electrons. The van der Waals surface area contributed by atoms with E-state index in [9.17, 15) is 10.1 Å². The Labute approximate surface area is 76.8 Å². The molecule has 0 aromatic carbocycles.